The van der Waals surface area contributed by atoms with Gasteiger partial charge in [-0.3, -0.25) is 0 Å². The molecule has 4 aromatic rings. The number of nitrogens with zero attached hydrogens (tertiary/aromatic N) is 1. The van der Waals surface area contributed by atoms with E-state index in [0.29, 0.717) is 5.56 Å². The standard InChI is InChI=1S/C30H22Cl2N2O4S2/c31-24-17-9-7-15-22(24)26-27(23-16-8-10-18-25(23)32)30(19-33,40(37,38)21-13-5-2-6-14-21)29(34)28(26)39(35,36)20-11-3-1-4-12-20/h1-18,26-27H,34H2/t26-,27-,30+/m0/s1. The molecule has 3 atom stereocenters. The zero-order valence-corrected chi connectivity index (χ0v) is 23.9. The minimum atomic E-state index is -4.65. The van der Waals surface area contributed by atoms with Gasteiger partial charge in [-0.25, -0.2) is 16.8 Å². The summed E-state index contributed by atoms with van der Waals surface area (Å²) >= 11 is 13.3. The summed E-state index contributed by atoms with van der Waals surface area (Å²) in [5.74, 6) is -2.64. The summed E-state index contributed by atoms with van der Waals surface area (Å²) < 4.78 is 55.3. The molecule has 40 heavy (non-hydrogen) atoms. The fraction of sp³-hybridized carbons (Fsp3) is 0.100. The van der Waals surface area contributed by atoms with Crippen LogP contribution in [0.15, 0.2) is 130 Å². The molecule has 1 aliphatic rings. The van der Waals surface area contributed by atoms with Crippen molar-refractivity contribution in [2.75, 3.05) is 0 Å². The van der Waals surface area contributed by atoms with Crippen molar-refractivity contribution in [1.82, 2.24) is 0 Å². The lowest BCUT2D eigenvalue weighted by Gasteiger charge is -2.34. The molecule has 1 aliphatic carbocycles. The molecule has 10 heteroatoms. The first kappa shape index (κ1) is 27.9. The van der Waals surface area contributed by atoms with E-state index in [2.05, 4.69) is 0 Å². The highest BCUT2D eigenvalue weighted by molar-refractivity contribution is 7.96. The van der Waals surface area contributed by atoms with Crippen LogP contribution in [0.3, 0.4) is 0 Å². The lowest BCUT2D eigenvalue weighted by molar-refractivity contribution is 0.527. The van der Waals surface area contributed by atoms with Crippen molar-refractivity contribution in [2.45, 2.75) is 26.4 Å². The average molecular weight is 610 g/mol. The molecule has 2 N–H and O–H groups in total. The van der Waals surface area contributed by atoms with Crippen LogP contribution in [0, 0.1) is 11.3 Å². The summed E-state index contributed by atoms with van der Waals surface area (Å²) in [6, 6.07) is 29.8. The van der Waals surface area contributed by atoms with Crippen LogP contribution in [-0.4, -0.2) is 21.6 Å². The van der Waals surface area contributed by atoms with Gasteiger partial charge in [0.25, 0.3) is 0 Å². The topological polar surface area (TPSA) is 118 Å². The molecular formula is C30H22Cl2N2O4S2. The predicted molar refractivity (Wildman–Crippen MR) is 155 cm³/mol. The van der Waals surface area contributed by atoms with Gasteiger partial charge in [-0.1, -0.05) is 96.0 Å². The molecule has 0 unspecified atom stereocenters. The van der Waals surface area contributed by atoms with Crippen molar-refractivity contribution < 1.29 is 16.8 Å². The van der Waals surface area contributed by atoms with Crippen molar-refractivity contribution in [1.29, 1.82) is 5.26 Å². The summed E-state index contributed by atoms with van der Waals surface area (Å²) in [6.07, 6.45) is 0. The van der Waals surface area contributed by atoms with Gasteiger partial charge in [0.15, 0.2) is 0 Å². The number of rotatable bonds is 6. The number of hydrogen-bond acceptors (Lipinski definition) is 6. The number of sulfone groups is 2. The number of nitriles is 1. The molecule has 0 bridgehead atoms. The molecule has 202 valence electrons. The fourth-order valence-corrected chi connectivity index (χ4v) is 9.80. The van der Waals surface area contributed by atoms with Crippen molar-refractivity contribution in [3.63, 3.8) is 0 Å². The number of nitrogens with two attached hydrogens (primary N) is 1. The summed E-state index contributed by atoms with van der Waals surface area (Å²) in [6.45, 7) is 0. The van der Waals surface area contributed by atoms with Gasteiger partial charge in [0, 0.05) is 21.9 Å². The number of hydrogen-bond donors (Lipinski definition) is 1. The Bertz CT molecular complexity index is 1890. The Morgan fingerprint density at radius 2 is 1.12 bits per heavy atom. The van der Waals surface area contributed by atoms with E-state index in [0.717, 1.165) is 0 Å². The lowest BCUT2D eigenvalue weighted by atomic mass is 9.78. The lowest BCUT2D eigenvalue weighted by Crippen LogP contribution is -2.46. The number of halogens is 2. The third-order valence-electron chi connectivity index (χ3n) is 7.19. The molecule has 0 radical (unpaired) electrons. The Kier molecular flexibility index (Phi) is 7.28. The molecule has 0 aliphatic heterocycles. The smallest absolute Gasteiger partial charge is 0.210 e. The number of benzene rings is 4. The molecule has 0 spiro atoms. The van der Waals surface area contributed by atoms with Crippen LogP contribution in [0.5, 0.6) is 0 Å². The average Bonchev–Trinajstić information content (AvgIpc) is 3.24. The predicted octanol–water partition coefficient (Wildman–Crippen LogP) is 6.25. The molecule has 0 saturated heterocycles. The van der Waals surface area contributed by atoms with Crippen LogP contribution in [0.1, 0.15) is 23.0 Å². The maximum absolute atomic E-state index is 14.6. The third-order valence-corrected chi connectivity index (χ3v) is 12.1. The minimum absolute atomic E-state index is 0.103. The van der Waals surface area contributed by atoms with Crippen LogP contribution in [-0.2, 0) is 19.7 Å². The third kappa shape index (κ3) is 4.13. The first-order chi connectivity index (χ1) is 19.1. The Balaban J connectivity index is 1.98. The second-order valence-electron chi connectivity index (χ2n) is 9.26. The SMILES string of the molecule is N#C[C@]1(S(=O)(=O)c2ccccc2)C(N)=C(S(=O)(=O)c2ccccc2)[C@@H](c2ccccc2Cl)[C@@H]1c1ccccc1Cl. The molecule has 0 fully saturated rings. The van der Waals surface area contributed by atoms with Gasteiger partial charge in [-0.15, -0.1) is 0 Å². The second-order valence-corrected chi connectivity index (χ2v) is 14.1. The summed E-state index contributed by atoms with van der Waals surface area (Å²) in [5.41, 5.74) is 6.64. The van der Waals surface area contributed by atoms with E-state index in [1.54, 1.807) is 72.8 Å². The number of allylic oxidation sites excluding steroid dienone is 1. The Labute approximate surface area is 243 Å². The van der Waals surface area contributed by atoms with Crippen LogP contribution in [0.2, 0.25) is 10.0 Å². The normalized spacial score (nSPS) is 21.2. The van der Waals surface area contributed by atoms with Crippen LogP contribution in [0.25, 0.3) is 0 Å². The molecular weight excluding hydrogens is 587 g/mol. The Morgan fingerprint density at radius 3 is 1.62 bits per heavy atom. The van der Waals surface area contributed by atoms with E-state index >= 15 is 0 Å². The zero-order chi connectivity index (χ0) is 28.7. The van der Waals surface area contributed by atoms with Crippen molar-refractivity contribution in [3.05, 3.63) is 141 Å². The molecule has 0 amide bonds. The van der Waals surface area contributed by atoms with Crippen LogP contribution in [0.4, 0.5) is 0 Å². The first-order valence-electron chi connectivity index (χ1n) is 12.1. The van der Waals surface area contributed by atoms with Crippen LogP contribution < -0.4 is 5.73 Å². The molecule has 4 aromatic carbocycles. The van der Waals surface area contributed by atoms with E-state index in [4.69, 9.17) is 28.9 Å². The molecule has 0 saturated carbocycles. The highest BCUT2D eigenvalue weighted by Gasteiger charge is 2.65. The van der Waals surface area contributed by atoms with Gasteiger partial charge < -0.3 is 5.73 Å². The van der Waals surface area contributed by atoms with Crippen molar-refractivity contribution in [3.8, 4) is 6.07 Å². The van der Waals surface area contributed by atoms with Gasteiger partial charge in [0.05, 0.1) is 26.5 Å². The highest BCUT2D eigenvalue weighted by atomic mass is 35.5. The van der Waals surface area contributed by atoms with E-state index < -0.39 is 46.9 Å². The maximum Gasteiger partial charge on any atom is 0.210 e. The largest absolute Gasteiger partial charge is 0.399 e. The van der Waals surface area contributed by atoms with Gasteiger partial charge >= 0.3 is 0 Å². The van der Waals surface area contributed by atoms with E-state index in [-0.39, 0.29) is 25.4 Å². The Morgan fingerprint density at radius 1 is 0.675 bits per heavy atom. The van der Waals surface area contributed by atoms with Gasteiger partial charge in [0.2, 0.25) is 24.4 Å². The molecule has 0 heterocycles. The zero-order valence-electron chi connectivity index (χ0n) is 20.8. The maximum atomic E-state index is 14.6. The minimum Gasteiger partial charge on any atom is -0.399 e. The van der Waals surface area contributed by atoms with Gasteiger partial charge in [-0.05, 0) is 47.5 Å². The summed E-state index contributed by atoms with van der Waals surface area (Å²) in [4.78, 5) is -0.695. The molecule has 5 rings (SSSR count). The van der Waals surface area contributed by atoms with Crippen molar-refractivity contribution >= 4 is 42.9 Å². The summed E-state index contributed by atoms with van der Waals surface area (Å²) in [5, 5.41) is 11.2. The second kappa shape index (κ2) is 10.4. The van der Waals surface area contributed by atoms with Crippen molar-refractivity contribution in [2.24, 2.45) is 5.73 Å². The highest BCUT2D eigenvalue weighted by Crippen LogP contribution is 2.61. The quantitative estimate of drug-likeness (QED) is 0.276. The van der Waals surface area contributed by atoms with E-state index in [1.807, 2.05) is 6.07 Å². The first-order valence-corrected chi connectivity index (χ1v) is 15.8. The summed E-state index contributed by atoms with van der Waals surface area (Å²) in [7, 11) is -9.09. The Hall–Kier alpha value is -3.61. The van der Waals surface area contributed by atoms with E-state index in [9.17, 15) is 22.1 Å². The van der Waals surface area contributed by atoms with Crippen LogP contribution >= 0.6 is 23.2 Å². The molecule has 0 aromatic heterocycles. The van der Waals surface area contributed by atoms with Gasteiger partial charge in [-0.2, -0.15) is 5.26 Å². The monoisotopic (exact) mass is 608 g/mol. The van der Waals surface area contributed by atoms with Gasteiger partial charge in [0.1, 0.15) is 0 Å². The van der Waals surface area contributed by atoms with E-state index in [1.165, 1.54) is 36.4 Å². The molecule has 6 nitrogen and oxygen atoms in total. The fourth-order valence-electron chi connectivity index (χ4n) is 5.40.